The number of carbonyl (C=O) groups is 2. The molecule has 1 aliphatic heterocycles. The van der Waals surface area contributed by atoms with Crippen molar-refractivity contribution in [3.63, 3.8) is 0 Å². The lowest BCUT2D eigenvalue weighted by atomic mass is 10.1. The minimum absolute atomic E-state index is 0.00219. The Morgan fingerprint density at radius 3 is 2.63 bits per heavy atom. The van der Waals surface area contributed by atoms with Crippen molar-refractivity contribution in [2.75, 3.05) is 19.0 Å². The van der Waals surface area contributed by atoms with E-state index >= 15 is 0 Å². The van der Waals surface area contributed by atoms with Crippen LogP contribution in [0.5, 0.6) is 5.75 Å². The number of nitrogens with zero attached hydrogens (tertiary/aromatic N) is 2. The van der Waals surface area contributed by atoms with E-state index in [2.05, 4.69) is 5.32 Å². The maximum atomic E-state index is 12.7. The number of rotatable bonds is 7. The summed E-state index contributed by atoms with van der Waals surface area (Å²) in [7, 11) is 1.58. The van der Waals surface area contributed by atoms with Gasteiger partial charge in [-0.1, -0.05) is 0 Å². The number of carbonyl (C=O) groups excluding carboxylic acids is 2. The molecule has 0 radical (unpaired) electrons. The second kappa shape index (κ2) is 8.22. The Morgan fingerprint density at radius 2 is 2.04 bits per heavy atom. The van der Waals surface area contributed by atoms with E-state index in [1.54, 1.807) is 48.6 Å². The molecular weight excluding hydrogens is 366 g/mol. The lowest BCUT2D eigenvalue weighted by Crippen LogP contribution is -2.37. The lowest BCUT2D eigenvalue weighted by molar-refractivity contribution is -0.130. The lowest BCUT2D eigenvalue weighted by Gasteiger charge is -2.22. The van der Waals surface area contributed by atoms with Crippen LogP contribution in [-0.4, -0.2) is 46.4 Å². The number of anilines is 1. The van der Waals surface area contributed by atoms with Crippen molar-refractivity contribution in [1.29, 1.82) is 0 Å². The predicted molar refractivity (Wildman–Crippen MR) is 104 cm³/mol. The second-order valence-electron chi connectivity index (χ2n) is 6.07. The number of hydrogen-bond donors (Lipinski definition) is 1. The molecule has 7 nitrogen and oxygen atoms in total. The summed E-state index contributed by atoms with van der Waals surface area (Å²) in [5.41, 5.74) is 0.638. The van der Waals surface area contributed by atoms with E-state index in [0.29, 0.717) is 35.4 Å². The summed E-state index contributed by atoms with van der Waals surface area (Å²) in [6.07, 6.45) is 1.57. The molecule has 1 saturated heterocycles. The van der Waals surface area contributed by atoms with Crippen LogP contribution in [0.4, 0.5) is 5.69 Å². The van der Waals surface area contributed by atoms with Gasteiger partial charge in [0, 0.05) is 12.2 Å². The molecule has 1 atom stereocenters. The zero-order valence-corrected chi connectivity index (χ0v) is 16.0. The Labute approximate surface area is 162 Å². The summed E-state index contributed by atoms with van der Waals surface area (Å²) in [5, 5.41) is 3.23. The van der Waals surface area contributed by atoms with Crippen molar-refractivity contribution < 1.29 is 18.7 Å². The summed E-state index contributed by atoms with van der Waals surface area (Å²) < 4.78 is 10.5. The van der Waals surface area contributed by atoms with Crippen molar-refractivity contribution in [3.8, 4) is 5.75 Å². The Kier molecular flexibility index (Phi) is 5.75. The molecular formula is C19H21N3O4S. The van der Waals surface area contributed by atoms with Crippen LogP contribution in [0.3, 0.4) is 0 Å². The van der Waals surface area contributed by atoms with E-state index in [0.717, 1.165) is 0 Å². The minimum atomic E-state index is -0.652. The number of amides is 2. The van der Waals surface area contributed by atoms with Crippen LogP contribution in [0.25, 0.3) is 0 Å². The fourth-order valence-electron chi connectivity index (χ4n) is 2.99. The number of likely N-dealkylation sites (N-methyl/N-ethyl adjacent to an activating group) is 1. The van der Waals surface area contributed by atoms with Gasteiger partial charge in [-0.2, -0.15) is 0 Å². The number of hydrogen-bond acceptors (Lipinski definition) is 5. The third-order valence-electron chi connectivity index (χ3n) is 4.38. The van der Waals surface area contributed by atoms with Gasteiger partial charge in [0.05, 0.1) is 26.3 Å². The summed E-state index contributed by atoms with van der Waals surface area (Å²) in [6, 6.07) is 9.95. The molecule has 1 aromatic carbocycles. The summed E-state index contributed by atoms with van der Waals surface area (Å²) in [6.45, 7) is 2.66. The second-order valence-corrected chi connectivity index (χ2v) is 6.43. The monoisotopic (exact) mass is 387 g/mol. The molecule has 2 amide bonds. The van der Waals surface area contributed by atoms with Crippen molar-refractivity contribution in [2.45, 2.75) is 25.9 Å². The SMILES string of the molecule is CCN1C(=O)[C@@H](CC(=O)Nc2ccc(OC)cc2)N(Cc2ccco2)C1=S. The van der Waals surface area contributed by atoms with Crippen molar-refractivity contribution in [3.05, 3.63) is 48.4 Å². The van der Waals surface area contributed by atoms with E-state index in [1.807, 2.05) is 13.0 Å². The average molecular weight is 387 g/mol. The Morgan fingerprint density at radius 1 is 1.30 bits per heavy atom. The van der Waals surface area contributed by atoms with Gasteiger partial charge in [-0.3, -0.25) is 14.5 Å². The van der Waals surface area contributed by atoms with Crippen molar-refractivity contribution in [2.24, 2.45) is 0 Å². The summed E-state index contributed by atoms with van der Waals surface area (Å²) in [5.74, 6) is 0.957. The van der Waals surface area contributed by atoms with Crippen LogP contribution in [0.2, 0.25) is 0 Å². The number of methoxy groups -OCH3 is 1. The first kappa shape index (κ1) is 18.9. The molecule has 2 aromatic rings. The minimum Gasteiger partial charge on any atom is -0.497 e. The van der Waals surface area contributed by atoms with E-state index in [9.17, 15) is 9.59 Å². The van der Waals surface area contributed by atoms with Gasteiger partial charge in [0.1, 0.15) is 17.6 Å². The largest absolute Gasteiger partial charge is 0.497 e. The normalized spacial score (nSPS) is 16.7. The first-order chi connectivity index (χ1) is 13.0. The molecule has 0 saturated carbocycles. The third kappa shape index (κ3) is 4.11. The topological polar surface area (TPSA) is 75.0 Å². The van der Waals surface area contributed by atoms with Crippen LogP contribution < -0.4 is 10.1 Å². The highest BCUT2D eigenvalue weighted by Crippen LogP contribution is 2.24. The van der Waals surface area contributed by atoms with E-state index in [-0.39, 0.29) is 18.2 Å². The Bertz CT molecular complexity index is 820. The predicted octanol–water partition coefficient (Wildman–Crippen LogP) is 2.63. The number of nitrogens with one attached hydrogen (secondary N) is 1. The molecule has 0 spiro atoms. The Balaban J connectivity index is 1.71. The molecule has 1 aliphatic rings. The van der Waals surface area contributed by atoms with Gasteiger partial charge in [-0.15, -0.1) is 0 Å². The fourth-order valence-corrected chi connectivity index (χ4v) is 3.41. The molecule has 3 rings (SSSR count). The number of benzene rings is 1. The van der Waals surface area contributed by atoms with Crippen LogP contribution in [0.1, 0.15) is 19.1 Å². The zero-order chi connectivity index (χ0) is 19.4. The van der Waals surface area contributed by atoms with E-state index in [1.165, 1.54) is 4.90 Å². The molecule has 1 N–H and O–H groups in total. The molecule has 2 heterocycles. The highest BCUT2D eigenvalue weighted by Gasteiger charge is 2.42. The third-order valence-corrected chi connectivity index (χ3v) is 4.83. The quantitative estimate of drug-likeness (QED) is 0.736. The van der Waals surface area contributed by atoms with Gasteiger partial charge < -0.3 is 19.4 Å². The summed E-state index contributed by atoms with van der Waals surface area (Å²) in [4.78, 5) is 28.5. The van der Waals surface area contributed by atoms with Gasteiger partial charge in [0.15, 0.2) is 5.11 Å². The molecule has 8 heteroatoms. The maximum Gasteiger partial charge on any atom is 0.252 e. The first-order valence-corrected chi connectivity index (χ1v) is 9.02. The highest BCUT2D eigenvalue weighted by molar-refractivity contribution is 7.80. The standard InChI is InChI=1S/C19H21N3O4S/c1-3-21-18(24)16(22(19(21)27)12-15-5-4-10-26-15)11-17(23)20-13-6-8-14(25-2)9-7-13/h4-10,16H,3,11-12H2,1-2H3,(H,20,23)/t16-/m1/s1. The zero-order valence-electron chi connectivity index (χ0n) is 15.2. The van der Waals surface area contributed by atoms with Gasteiger partial charge in [-0.05, 0) is 55.5 Å². The fraction of sp³-hybridized carbons (Fsp3) is 0.316. The van der Waals surface area contributed by atoms with Crippen LogP contribution in [0, 0.1) is 0 Å². The van der Waals surface area contributed by atoms with E-state index < -0.39 is 6.04 Å². The Hall–Kier alpha value is -2.87. The molecule has 1 fully saturated rings. The maximum absolute atomic E-state index is 12.7. The van der Waals surface area contributed by atoms with Crippen molar-refractivity contribution >= 4 is 34.8 Å². The highest BCUT2D eigenvalue weighted by atomic mass is 32.1. The molecule has 0 aliphatic carbocycles. The molecule has 27 heavy (non-hydrogen) atoms. The number of thiocarbonyl (C=S) groups is 1. The van der Waals surface area contributed by atoms with Crippen LogP contribution in [-0.2, 0) is 16.1 Å². The van der Waals surface area contributed by atoms with Gasteiger partial charge in [0.25, 0.3) is 5.91 Å². The van der Waals surface area contributed by atoms with Gasteiger partial charge in [-0.25, -0.2) is 0 Å². The van der Waals surface area contributed by atoms with Gasteiger partial charge >= 0.3 is 0 Å². The first-order valence-electron chi connectivity index (χ1n) is 8.61. The molecule has 1 aromatic heterocycles. The van der Waals surface area contributed by atoms with Crippen LogP contribution in [0.15, 0.2) is 47.1 Å². The van der Waals surface area contributed by atoms with Crippen molar-refractivity contribution in [1.82, 2.24) is 9.80 Å². The van der Waals surface area contributed by atoms with Crippen LogP contribution >= 0.6 is 12.2 Å². The summed E-state index contributed by atoms with van der Waals surface area (Å²) >= 11 is 5.44. The molecule has 0 unspecified atom stereocenters. The molecule has 142 valence electrons. The average Bonchev–Trinajstić information content (AvgIpc) is 3.25. The number of furan rings is 1. The molecule has 0 bridgehead atoms. The van der Waals surface area contributed by atoms with E-state index in [4.69, 9.17) is 21.4 Å². The number of ether oxygens (including phenoxy) is 1. The van der Waals surface area contributed by atoms with Gasteiger partial charge in [0.2, 0.25) is 5.91 Å². The smallest absolute Gasteiger partial charge is 0.252 e.